The van der Waals surface area contributed by atoms with Gasteiger partial charge in [0.15, 0.2) is 0 Å². The van der Waals surface area contributed by atoms with Gasteiger partial charge in [-0.25, -0.2) is 4.68 Å². The summed E-state index contributed by atoms with van der Waals surface area (Å²) in [6.07, 6.45) is 7.98. The Labute approximate surface area is 168 Å². The molecule has 0 spiro atoms. The smallest absolute Gasteiger partial charge is 0.290 e. The number of amides is 1. The largest absolute Gasteiger partial charge is 0.376 e. The first-order valence-corrected chi connectivity index (χ1v) is 10.7. The Morgan fingerprint density at radius 1 is 1.10 bits per heavy atom. The fourth-order valence-electron chi connectivity index (χ4n) is 4.77. The molecule has 2 aromatic rings. The number of aromatic nitrogens is 3. The maximum atomic E-state index is 12.7. The second kappa shape index (κ2) is 7.74. The molecule has 0 radical (unpaired) electrons. The van der Waals surface area contributed by atoms with Crippen LogP contribution in [0.15, 0.2) is 15.4 Å². The summed E-state index contributed by atoms with van der Waals surface area (Å²) in [5.41, 5.74) is 3.75. The summed E-state index contributed by atoms with van der Waals surface area (Å²) in [6, 6.07) is 1.84. The van der Waals surface area contributed by atoms with Crippen molar-refractivity contribution in [1.82, 2.24) is 20.3 Å². The van der Waals surface area contributed by atoms with Crippen LogP contribution in [0.4, 0.5) is 0 Å². The van der Waals surface area contributed by atoms with Crippen LogP contribution in [0.3, 0.4) is 0 Å². The number of fused-ring (bicyclic) bond motifs is 2. The molecule has 1 fully saturated rings. The number of hydrogen-bond acceptors (Lipinski definition) is 6. The summed E-state index contributed by atoms with van der Waals surface area (Å²) >= 11 is 0. The van der Waals surface area contributed by atoms with E-state index in [2.05, 4.69) is 15.6 Å². The lowest BCUT2D eigenvalue weighted by molar-refractivity contribution is 0.0882. The number of aryl methyl sites for hydroxylation is 1. The molecule has 2 aliphatic carbocycles. The van der Waals surface area contributed by atoms with E-state index in [9.17, 15) is 9.59 Å². The summed E-state index contributed by atoms with van der Waals surface area (Å²) in [6.45, 7) is 1.13. The van der Waals surface area contributed by atoms with Gasteiger partial charge < -0.3 is 14.6 Å². The zero-order chi connectivity index (χ0) is 19.8. The third-order valence-corrected chi connectivity index (χ3v) is 6.41. The monoisotopic (exact) mass is 398 g/mol. The van der Waals surface area contributed by atoms with Gasteiger partial charge in [0, 0.05) is 29.7 Å². The molecule has 0 bridgehead atoms. The van der Waals surface area contributed by atoms with Crippen LogP contribution in [-0.4, -0.2) is 33.5 Å². The summed E-state index contributed by atoms with van der Waals surface area (Å²) in [4.78, 5) is 25.2. The molecule has 1 N–H and O–H groups in total. The molecule has 3 heterocycles. The van der Waals surface area contributed by atoms with Crippen LogP contribution < -0.4 is 10.9 Å². The van der Waals surface area contributed by atoms with Crippen LogP contribution in [0, 0.1) is 0 Å². The van der Waals surface area contributed by atoms with Gasteiger partial charge in [-0.05, 0) is 51.4 Å². The van der Waals surface area contributed by atoms with E-state index in [-0.39, 0.29) is 23.6 Å². The highest BCUT2D eigenvalue weighted by Crippen LogP contribution is 2.29. The predicted molar refractivity (Wildman–Crippen MR) is 104 cm³/mol. The molecular weight excluding hydrogens is 372 g/mol. The van der Waals surface area contributed by atoms with Gasteiger partial charge in [0.25, 0.3) is 11.5 Å². The molecule has 0 unspecified atom stereocenters. The van der Waals surface area contributed by atoms with Crippen molar-refractivity contribution in [2.24, 2.45) is 0 Å². The number of rotatable bonds is 3. The summed E-state index contributed by atoms with van der Waals surface area (Å²) in [7, 11) is 0. The Morgan fingerprint density at radius 2 is 1.93 bits per heavy atom. The fraction of sp³-hybridized carbons (Fsp3) is 0.619. The number of carbonyl (C=O) groups excluding carboxylic acids is 1. The first-order chi connectivity index (χ1) is 14.2. The molecule has 29 heavy (non-hydrogen) atoms. The average Bonchev–Trinajstić information content (AvgIpc) is 3.18. The summed E-state index contributed by atoms with van der Waals surface area (Å²) in [5, 5.41) is 11.8. The molecular formula is C21H26N4O4. The van der Waals surface area contributed by atoms with Crippen molar-refractivity contribution >= 4 is 5.91 Å². The van der Waals surface area contributed by atoms with Crippen molar-refractivity contribution in [3.63, 3.8) is 0 Å². The number of nitrogens with zero attached hydrogens (tertiary/aromatic N) is 3. The molecule has 2 aromatic heterocycles. The maximum absolute atomic E-state index is 12.7. The van der Waals surface area contributed by atoms with Gasteiger partial charge in [-0.3, -0.25) is 9.59 Å². The minimum atomic E-state index is -0.159. The van der Waals surface area contributed by atoms with E-state index in [1.54, 1.807) is 10.7 Å². The third-order valence-electron chi connectivity index (χ3n) is 6.41. The molecule has 154 valence electrons. The van der Waals surface area contributed by atoms with E-state index in [4.69, 9.17) is 9.26 Å². The lowest BCUT2D eigenvalue weighted by Crippen LogP contribution is -2.40. The number of nitrogens with one attached hydrogen (secondary N) is 1. The molecule has 0 saturated heterocycles. The number of ether oxygens (including phenoxy) is 1. The van der Waals surface area contributed by atoms with Crippen LogP contribution >= 0.6 is 0 Å². The Bertz CT molecular complexity index is 972. The Morgan fingerprint density at radius 3 is 2.79 bits per heavy atom. The standard InChI is InChI=1S/C21H26N4O4/c26-19-11-13-12-28-10-9-17(13)23-25(19)15-7-5-14(6-8-15)22-21(27)20-16-3-1-2-4-18(16)24-29-20/h11,14-15H,1-10,12H2,(H,22,27). The van der Waals surface area contributed by atoms with Crippen molar-refractivity contribution in [3.05, 3.63) is 44.7 Å². The van der Waals surface area contributed by atoms with Gasteiger partial charge in [-0.1, -0.05) is 5.16 Å². The maximum Gasteiger partial charge on any atom is 0.290 e. The van der Waals surface area contributed by atoms with Gasteiger partial charge in [0.2, 0.25) is 5.76 Å². The minimum Gasteiger partial charge on any atom is -0.376 e. The van der Waals surface area contributed by atoms with Crippen LogP contribution in [-0.2, 0) is 30.6 Å². The second-order valence-electron chi connectivity index (χ2n) is 8.32. The van der Waals surface area contributed by atoms with Crippen molar-refractivity contribution in [2.45, 2.75) is 76.5 Å². The first kappa shape index (κ1) is 18.5. The second-order valence-corrected chi connectivity index (χ2v) is 8.32. The zero-order valence-corrected chi connectivity index (χ0v) is 16.5. The van der Waals surface area contributed by atoms with E-state index >= 15 is 0 Å². The van der Waals surface area contributed by atoms with Crippen molar-refractivity contribution in [1.29, 1.82) is 0 Å². The van der Waals surface area contributed by atoms with E-state index in [0.29, 0.717) is 19.0 Å². The zero-order valence-electron chi connectivity index (χ0n) is 16.5. The lowest BCUT2D eigenvalue weighted by atomic mass is 9.90. The van der Waals surface area contributed by atoms with Crippen molar-refractivity contribution in [2.75, 3.05) is 6.61 Å². The fourth-order valence-corrected chi connectivity index (χ4v) is 4.77. The molecule has 5 rings (SSSR count). The van der Waals surface area contributed by atoms with Gasteiger partial charge in [-0.2, -0.15) is 5.10 Å². The molecule has 8 heteroatoms. The highest BCUT2D eigenvalue weighted by Gasteiger charge is 2.29. The van der Waals surface area contributed by atoms with E-state index in [1.807, 2.05) is 0 Å². The van der Waals surface area contributed by atoms with E-state index in [1.165, 1.54) is 0 Å². The third kappa shape index (κ3) is 3.61. The molecule has 0 atom stereocenters. The minimum absolute atomic E-state index is 0.0602. The summed E-state index contributed by atoms with van der Waals surface area (Å²) in [5.74, 6) is 0.227. The Kier molecular flexibility index (Phi) is 4.95. The van der Waals surface area contributed by atoms with Gasteiger partial charge in [0.1, 0.15) is 0 Å². The first-order valence-electron chi connectivity index (χ1n) is 10.7. The Hall–Kier alpha value is -2.48. The highest BCUT2D eigenvalue weighted by atomic mass is 16.5. The van der Waals surface area contributed by atoms with Gasteiger partial charge in [-0.15, -0.1) is 0 Å². The van der Waals surface area contributed by atoms with E-state index in [0.717, 1.165) is 80.3 Å². The van der Waals surface area contributed by atoms with Gasteiger partial charge >= 0.3 is 0 Å². The van der Waals surface area contributed by atoms with Crippen LogP contribution in [0.5, 0.6) is 0 Å². The topological polar surface area (TPSA) is 99.2 Å². The summed E-state index contributed by atoms with van der Waals surface area (Å²) < 4.78 is 12.4. The predicted octanol–water partition coefficient (Wildman–Crippen LogP) is 2.10. The van der Waals surface area contributed by atoms with E-state index < -0.39 is 0 Å². The van der Waals surface area contributed by atoms with Crippen LogP contribution in [0.1, 0.15) is 77.6 Å². The molecule has 0 aromatic carbocycles. The van der Waals surface area contributed by atoms with Crippen LogP contribution in [0.25, 0.3) is 0 Å². The number of carbonyl (C=O) groups is 1. The molecule has 1 aliphatic heterocycles. The molecule has 1 amide bonds. The molecule has 8 nitrogen and oxygen atoms in total. The normalized spacial score (nSPS) is 23.9. The highest BCUT2D eigenvalue weighted by molar-refractivity contribution is 5.93. The Balaban J connectivity index is 1.23. The molecule has 1 saturated carbocycles. The van der Waals surface area contributed by atoms with Gasteiger partial charge in [0.05, 0.1) is 30.6 Å². The van der Waals surface area contributed by atoms with Crippen molar-refractivity contribution < 1.29 is 14.1 Å². The van der Waals surface area contributed by atoms with Crippen LogP contribution in [0.2, 0.25) is 0 Å². The SMILES string of the molecule is O=C(NC1CCC(n2nc3c(cc2=O)COCC3)CC1)c1onc2c1CCCC2. The average molecular weight is 398 g/mol. The lowest BCUT2D eigenvalue weighted by Gasteiger charge is -2.30. The quantitative estimate of drug-likeness (QED) is 0.850. The molecule has 3 aliphatic rings. The number of hydrogen-bond donors (Lipinski definition) is 1. The van der Waals surface area contributed by atoms with Crippen molar-refractivity contribution in [3.8, 4) is 0 Å².